The van der Waals surface area contributed by atoms with Crippen LogP contribution in [0.4, 0.5) is 4.39 Å². The lowest BCUT2D eigenvalue weighted by atomic mass is 10.2. The van der Waals surface area contributed by atoms with Crippen LogP contribution < -0.4 is 8.92 Å². The van der Waals surface area contributed by atoms with E-state index in [1.807, 2.05) is 0 Å². The Morgan fingerprint density at radius 1 is 1.12 bits per heavy atom. The SMILES string of the molecule is COC(=O)/C=C/c1ccc(OS(=O)(=O)c2ccc(F)cc2Cl)c(OC)c1. The molecule has 26 heavy (non-hydrogen) atoms. The molecule has 2 aromatic rings. The van der Waals surface area contributed by atoms with Crippen LogP contribution in [0.25, 0.3) is 6.08 Å². The molecule has 0 amide bonds. The maximum atomic E-state index is 13.1. The Hall–Kier alpha value is -2.58. The third kappa shape index (κ3) is 4.74. The first-order valence-corrected chi connectivity index (χ1v) is 8.89. The molecule has 0 unspecified atom stereocenters. The van der Waals surface area contributed by atoms with Gasteiger partial charge in [0.05, 0.1) is 19.2 Å². The fourth-order valence-electron chi connectivity index (χ4n) is 1.93. The number of rotatable bonds is 6. The molecule has 0 bridgehead atoms. The van der Waals surface area contributed by atoms with Crippen molar-refractivity contribution in [1.82, 2.24) is 0 Å². The van der Waals surface area contributed by atoms with Gasteiger partial charge >= 0.3 is 16.1 Å². The predicted octanol–water partition coefficient (Wildman–Crippen LogP) is 3.44. The van der Waals surface area contributed by atoms with Crippen molar-refractivity contribution in [3.8, 4) is 11.5 Å². The van der Waals surface area contributed by atoms with E-state index in [2.05, 4.69) is 4.74 Å². The van der Waals surface area contributed by atoms with Gasteiger partial charge in [0.25, 0.3) is 0 Å². The van der Waals surface area contributed by atoms with E-state index in [-0.39, 0.29) is 21.4 Å². The van der Waals surface area contributed by atoms with Gasteiger partial charge in [0.15, 0.2) is 11.5 Å². The minimum Gasteiger partial charge on any atom is -0.493 e. The van der Waals surface area contributed by atoms with Gasteiger partial charge in [0.1, 0.15) is 10.7 Å². The van der Waals surface area contributed by atoms with E-state index < -0.39 is 21.9 Å². The smallest absolute Gasteiger partial charge is 0.340 e. The molecule has 2 rings (SSSR count). The lowest BCUT2D eigenvalue weighted by Gasteiger charge is -2.12. The van der Waals surface area contributed by atoms with E-state index in [4.69, 9.17) is 20.5 Å². The molecule has 0 radical (unpaired) electrons. The van der Waals surface area contributed by atoms with Gasteiger partial charge in [-0.3, -0.25) is 0 Å². The monoisotopic (exact) mass is 400 g/mol. The van der Waals surface area contributed by atoms with E-state index in [0.717, 1.165) is 18.2 Å². The van der Waals surface area contributed by atoms with Crippen molar-refractivity contribution in [3.63, 3.8) is 0 Å². The lowest BCUT2D eigenvalue weighted by Crippen LogP contribution is -2.11. The molecule has 138 valence electrons. The third-order valence-electron chi connectivity index (χ3n) is 3.16. The Kier molecular flexibility index (Phi) is 6.23. The van der Waals surface area contributed by atoms with Crippen LogP contribution >= 0.6 is 11.6 Å². The molecule has 0 fully saturated rings. The second-order valence-corrected chi connectivity index (χ2v) is 6.80. The van der Waals surface area contributed by atoms with E-state index in [0.29, 0.717) is 5.56 Å². The second-order valence-electron chi connectivity index (χ2n) is 4.88. The number of methoxy groups -OCH3 is 2. The van der Waals surface area contributed by atoms with Crippen LogP contribution in [0.15, 0.2) is 47.4 Å². The zero-order chi connectivity index (χ0) is 19.3. The first kappa shape index (κ1) is 19.7. The Labute approximate surface area is 154 Å². The fraction of sp³-hybridized carbons (Fsp3) is 0.118. The summed E-state index contributed by atoms with van der Waals surface area (Å²) in [4.78, 5) is 10.7. The van der Waals surface area contributed by atoms with Crippen molar-refractivity contribution < 1.29 is 31.3 Å². The number of carbonyl (C=O) groups excluding carboxylic acids is 1. The highest BCUT2D eigenvalue weighted by atomic mass is 35.5. The van der Waals surface area contributed by atoms with E-state index >= 15 is 0 Å². The first-order chi connectivity index (χ1) is 12.3. The van der Waals surface area contributed by atoms with Crippen LogP contribution in [0, 0.1) is 5.82 Å². The summed E-state index contributed by atoms with van der Waals surface area (Å²) in [5.41, 5.74) is 0.553. The molecule has 0 aliphatic heterocycles. The maximum absolute atomic E-state index is 13.1. The van der Waals surface area contributed by atoms with Gasteiger partial charge in [0.2, 0.25) is 0 Å². The summed E-state index contributed by atoms with van der Waals surface area (Å²) in [6.07, 6.45) is 2.66. The summed E-state index contributed by atoms with van der Waals surface area (Å²) in [5.74, 6) is -1.20. The Balaban J connectivity index is 2.33. The molecule has 0 saturated heterocycles. The predicted molar refractivity (Wildman–Crippen MR) is 93.3 cm³/mol. The maximum Gasteiger partial charge on any atom is 0.340 e. The van der Waals surface area contributed by atoms with Gasteiger partial charge < -0.3 is 13.7 Å². The van der Waals surface area contributed by atoms with Crippen molar-refractivity contribution in [1.29, 1.82) is 0 Å². The van der Waals surface area contributed by atoms with Crippen LogP contribution in [0.3, 0.4) is 0 Å². The van der Waals surface area contributed by atoms with Crippen LogP contribution in [-0.4, -0.2) is 28.6 Å². The average Bonchev–Trinajstić information content (AvgIpc) is 2.59. The standard InChI is InChI=1S/C17H14ClFO6S/c1-23-15-9-11(4-8-17(20)24-2)3-6-14(15)25-26(21,22)16-7-5-12(19)10-13(16)18/h3-10H,1-2H3/b8-4+. The molecule has 0 aromatic heterocycles. The van der Waals surface area contributed by atoms with Crippen molar-refractivity contribution in [3.05, 3.63) is 58.9 Å². The fourth-order valence-corrected chi connectivity index (χ4v) is 3.38. The summed E-state index contributed by atoms with van der Waals surface area (Å²) in [6.45, 7) is 0. The molecular formula is C17H14ClFO6S. The van der Waals surface area contributed by atoms with Crippen molar-refractivity contribution in [2.75, 3.05) is 14.2 Å². The van der Waals surface area contributed by atoms with Gasteiger partial charge in [-0.15, -0.1) is 0 Å². The molecule has 9 heteroatoms. The highest BCUT2D eigenvalue weighted by Crippen LogP contribution is 2.32. The molecule has 0 aliphatic rings. The summed E-state index contributed by atoms with van der Waals surface area (Å²) >= 11 is 5.78. The molecule has 0 N–H and O–H groups in total. The number of benzene rings is 2. The number of hydrogen-bond acceptors (Lipinski definition) is 6. The molecule has 0 heterocycles. The lowest BCUT2D eigenvalue weighted by molar-refractivity contribution is -0.134. The Morgan fingerprint density at radius 2 is 1.85 bits per heavy atom. The van der Waals surface area contributed by atoms with E-state index in [1.165, 1.54) is 44.6 Å². The van der Waals surface area contributed by atoms with Gasteiger partial charge in [-0.1, -0.05) is 17.7 Å². The molecular weight excluding hydrogens is 387 g/mol. The topological polar surface area (TPSA) is 78.9 Å². The van der Waals surface area contributed by atoms with Crippen LogP contribution in [-0.2, 0) is 19.6 Å². The minimum absolute atomic E-state index is 0.0943. The minimum atomic E-state index is -4.31. The summed E-state index contributed by atoms with van der Waals surface area (Å²) in [5, 5.41) is -0.304. The molecule has 6 nitrogen and oxygen atoms in total. The van der Waals surface area contributed by atoms with Gasteiger partial charge in [-0.25, -0.2) is 9.18 Å². The third-order valence-corrected chi connectivity index (χ3v) is 4.88. The number of ether oxygens (including phenoxy) is 2. The quantitative estimate of drug-likeness (QED) is 0.420. The van der Waals surface area contributed by atoms with Crippen LogP contribution in [0.1, 0.15) is 5.56 Å². The van der Waals surface area contributed by atoms with E-state index in [9.17, 15) is 17.6 Å². The van der Waals surface area contributed by atoms with Gasteiger partial charge in [-0.05, 0) is 42.0 Å². The highest BCUT2D eigenvalue weighted by Gasteiger charge is 2.22. The molecule has 0 aliphatic carbocycles. The zero-order valence-electron chi connectivity index (χ0n) is 13.7. The highest BCUT2D eigenvalue weighted by molar-refractivity contribution is 7.87. The molecule has 0 spiro atoms. The number of carbonyl (C=O) groups is 1. The van der Waals surface area contributed by atoms with Crippen LogP contribution in [0.2, 0.25) is 5.02 Å². The first-order valence-electron chi connectivity index (χ1n) is 7.10. The van der Waals surface area contributed by atoms with Gasteiger partial charge in [0, 0.05) is 6.08 Å². The second kappa shape index (κ2) is 8.20. The number of esters is 1. The Morgan fingerprint density at radius 3 is 2.46 bits per heavy atom. The van der Waals surface area contributed by atoms with Crippen LogP contribution in [0.5, 0.6) is 11.5 Å². The normalized spacial score (nSPS) is 11.4. The van der Waals surface area contributed by atoms with Crippen molar-refractivity contribution in [2.45, 2.75) is 4.90 Å². The summed E-state index contributed by atoms with van der Waals surface area (Å²) < 4.78 is 52.5. The summed E-state index contributed by atoms with van der Waals surface area (Å²) in [6, 6.07) is 7.17. The number of hydrogen-bond donors (Lipinski definition) is 0. The van der Waals surface area contributed by atoms with E-state index in [1.54, 1.807) is 0 Å². The van der Waals surface area contributed by atoms with Gasteiger partial charge in [-0.2, -0.15) is 8.42 Å². The summed E-state index contributed by atoms with van der Waals surface area (Å²) in [7, 11) is -1.73. The molecule has 2 aromatic carbocycles. The average molecular weight is 401 g/mol. The number of halogens is 2. The molecule has 0 saturated carbocycles. The Bertz CT molecular complexity index is 956. The van der Waals surface area contributed by atoms with Crippen molar-refractivity contribution in [2.24, 2.45) is 0 Å². The van der Waals surface area contributed by atoms with Crippen molar-refractivity contribution >= 4 is 33.8 Å². The molecule has 0 atom stereocenters. The largest absolute Gasteiger partial charge is 0.493 e. The zero-order valence-corrected chi connectivity index (χ0v) is 15.3.